The van der Waals surface area contributed by atoms with E-state index in [4.69, 9.17) is 25.5 Å². The largest absolute Gasteiger partial charge is 0.488 e. The summed E-state index contributed by atoms with van der Waals surface area (Å²) >= 11 is 6.15. The Balaban J connectivity index is 1.05. The summed E-state index contributed by atoms with van der Waals surface area (Å²) in [7, 11) is 0. The van der Waals surface area contributed by atoms with Gasteiger partial charge >= 0.3 is 6.09 Å². The number of hydrogen-bond acceptors (Lipinski definition) is 6. The molecule has 1 amide bonds. The number of aromatic amines is 1. The predicted molar refractivity (Wildman–Crippen MR) is 155 cm³/mol. The number of carbonyl (C=O) groups excluding carboxylic acids is 1. The number of benzene rings is 3. The van der Waals surface area contributed by atoms with Crippen LogP contribution in [0.15, 0.2) is 77.4 Å². The van der Waals surface area contributed by atoms with Crippen molar-refractivity contribution in [3.8, 4) is 11.6 Å². The van der Waals surface area contributed by atoms with Gasteiger partial charge in [-0.1, -0.05) is 29.8 Å². The Morgan fingerprint density at radius 1 is 1.07 bits per heavy atom. The molecule has 0 saturated carbocycles. The number of amides is 1. The number of nitrogens with zero attached hydrogens (tertiary/aromatic N) is 1. The van der Waals surface area contributed by atoms with Gasteiger partial charge < -0.3 is 28.9 Å². The number of carbonyl (C=O) groups is 1. The molecule has 1 fully saturated rings. The van der Waals surface area contributed by atoms with Crippen molar-refractivity contribution in [1.82, 2.24) is 9.88 Å². The zero-order valence-electron chi connectivity index (χ0n) is 21.9. The van der Waals surface area contributed by atoms with Gasteiger partial charge in [-0.25, -0.2) is 4.79 Å². The Kier molecular flexibility index (Phi) is 7.64. The van der Waals surface area contributed by atoms with E-state index in [2.05, 4.69) is 15.2 Å². The summed E-state index contributed by atoms with van der Waals surface area (Å²) in [6.45, 7) is 3.13. The van der Waals surface area contributed by atoms with E-state index in [0.717, 1.165) is 66.3 Å². The highest BCUT2D eigenvalue weighted by atomic mass is 35.5. The van der Waals surface area contributed by atoms with Crippen molar-refractivity contribution in [2.75, 3.05) is 25.0 Å². The number of halogens is 1. The second kappa shape index (κ2) is 11.6. The lowest BCUT2D eigenvalue weighted by Crippen LogP contribution is -2.37. The molecular weight excluding hydrogens is 530 g/mol. The number of fused-ring (bicyclic) bond motifs is 2. The van der Waals surface area contributed by atoms with E-state index in [1.54, 1.807) is 18.4 Å². The lowest BCUT2D eigenvalue weighted by Gasteiger charge is -2.29. The van der Waals surface area contributed by atoms with Crippen molar-refractivity contribution in [2.45, 2.75) is 32.0 Å². The maximum absolute atomic E-state index is 12.6. The molecule has 0 spiro atoms. The average Bonchev–Trinajstić information content (AvgIpc) is 3.55. The molecule has 1 aliphatic rings. The molecule has 206 valence electrons. The van der Waals surface area contributed by atoms with Crippen LogP contribution in [0, 0.1) is 0 Å². The van der Waals surface area contributed by atoms with Crippen molar-refractivity contribution in [2.24, 2.45) is 0 Å². The molecule has 6 rings (SSSR count). The molecule has 0 aliphatic carbocycles. The van der Waals surface area contributed by atoms with E-state index in [9.17, 15) is 9.90 Å². The van der Waals surface area contributed by atoms with Crippen LogP contribution in [0.5, 0.6) is 11.6 Å². The third-order valence-corrected chi connectivity index (χ3v) is 7.51. The maximum Gasteiger partial charge on any atom is 0.418 e. The SMILES string of the molecule is O=C(Nc1ccc(CCN2CCC(O)CC2)cc1)Oc1cc2c(OCc3coc4ccc(Cl)cc34)cccc2[nH]1. The van der Waals surface area contributed by atoms with Crippen LogP contribution in [0.4, 0.5) is 10.5 Å². The Hall–Kier alpha value is -3.98. The number of ether oxygens (including phenoxy) is 2. The second-order valence-corrected chi connectivity index (χ2v) is 10.5. The van der Waals surface area contributed by atoms with Gasteiger partial charge in [0.25, 0.3) is 0 Å². The van der Waals surface area contributed by atoms with Gasteiger partial charge in [-0.3, -0.25) is 5.32 Å². The molecule has 0 radical (unpaired) electrons. The number of hydrogen-bond donors (Lipinski definition) is 3. The van der Waals surface area contributed by atoms with E-state index in [0.29, 0.717) is 28.9 Å². The lowest BCUT2D eigenvalue weighted by atomic mass is 10.1. The highest BCUT2D eigenvalue weighted by molar-refractivity contribution is 6.31. The van der Waals surface area contributed by atoms with Gasteiger partial charge in [0.1, 0.15) is 17.9 Å². The summed E-state index contributed by atoms with van der Waals surface area (Å²) in [6, 6.07) is 20.6. The summed E-state index contributed by atoms with van der Waals surface area (Å²) < 4.78 is 17.2. The fourth-order valence-corrected chi connectivity index (χ4v) is 5.20. The smallest absolute Gasteiger partial charge is 0.418 e. The number of furan rings is 1. The molecule has 8 nitrogen and oxygen atoms in total. The van der Waals surface area contributed by atoms with Gasteiger partial charge in [-0.15, -0.1) is 0 Å². The molecule has 9 heteroatoms. The van der Waals surface area contributed by atoms with Crippen molar-refractivity contribution in [3.05, 3.63) is 89.1 Å². The maximum atomic E-state index is 12.6. The monoisotopic (exact) mass is 559 g/mol. The summed E-state index contributed by atoms with van der Waals surface area (Å²) in [5, 5.41) is 14.8. The molecule has 1 aliphatic heterocycles. The zero-order chi connectivity index (χ0) is 27.5. The lowest BCUT2D eigenvalue weighted by molar-refractivity contribution is 0.0832. The third kappa shape index (κ3) is 6.09. The molecular formula is C31H30ClN3O5. The normalized spacial score (nSPS) is 14.6. The minimum absolute atomic E-state index is 0.157. The molecule has 1 saturated heterocycles. The van der Waals surface area contributed by atoms with Gasteiger partial charge in [0, 0.05) is 52.7 Å². The highest BCUT2D eigenvalue weighted by Crippen LogP contribution is 2.31. The first kappa shape index (κ1) is 26.3. The number of H-pyrrole nitrogens is 1. The minimum atomic E-state index is -0.588. The van der Waals surface area contributed by atoms with Crippen LogP contribution in [-0.2, 0) is 13.0 Å². The first-order chi connectivity index (χ1) is 19.5. The quantitative estimate of drug-likeness (QED) is 0.194. The molecule has 2 aromatic heterocycles. The summed E-state index contributed by atoms with van der Waals surface area (Å²) in [5.74, 6) is 0.962. The van der Waals surface area contributed by atoms with Crippen LogP contribution in [-0.4, -0.2) is 46.8 Å². The van der Waals surface area contributed by atoms with E-state index in [1.165, 1.54) is 5.56 Å². The average molecular weight is 560 g/mol. The Bertz CT molecular complexity index is 1620. The van der Waals surface area contributed by atoms with Gasteiger partial charge in [0.2, 0.25) is 5.88 Å². The summed E-state index contributed by atoms with van der Waals surface area (Å²) in [4.78, 5) is 18.1. The Labute approximate surface area is 236 Å². The fourth-order valence-electron chi connectivity index (χ4n) is 5.03. The number of aromatic nitrogens is 1. The van der Waals surface area contributed by atoms with Crippen molar-refractivity contribution in [1.29, 1.82) is 0 Å². The molecule has 40 heavy (non-hydrogen) atoms. The van der Waals surface area contributed by atoms with Crippen LogP contribution in [0.2, 0.25) is 5.02 Å². The molecule has 0 bridgehead atoms. The minimum Gasteiger partial charge on any atom is -0.488 e. The van der Waals surface area contributed by atoms with Crippen molar-refractivity contribution >= 4 is 45.3 Å². The third-order valence-electron chi connectivity index (χ3n) is 7.28. The fraction of sp³-hybridized carbons (Fsp3) is 0.258. The zero-order valence-corrected chi connectivity index (χ0v) is 22.6. The summed E-state index contributed by atoms with van der Waals surface area (Å²) in [6.07, 6.45) is 3.53. The number of rotatable bonds is 8. The van der Waals surface area contributed by atoms with Crippen LogP contribution >= 0.6 is 11.6 Å². The molecule has 0 atom stereocenters. The van der Waals surface area contributed by atoms with Crippen LogP contribution in [0.1, 0.15) is 24.0 Å². The van der Waals surface area contributed by atoms with Gasteiger partial charge in [-0.05, 0) is 67.3 Å². The van der Waals surface area contributed by atoms with Crippen LogP contribution in [0.25, 0.3) is 21.9 Å². The van der Waals surface area contributed by atoms with Gasteiger partial charge in [-0.2, -0.15) is 0 Å². The van der Waals surface area contributed by atoms with E-state index in [-0.39, 0.29) is 6.10 Å². The Morgan fingerprint density at radius 3 is 2.73 bits per heavy atom. The van der Waals surface area contributed by atoms with Gasteiger partial charge in [0.05, 0.1) is 17.9 Å². The first-order valence-electron chi connectivity index (χ1n) is 13.4. The van der Waals surface area contributed by atoms with Crippen LogP contribution in [0.3, 0.4) is 0 Å². The predicted octanol–water partition coefficient (Wildman–Crippen LogP) is 6.76. The number of aliphatic hydroxyl groups excluding tert-OH is 1. The molecule has 0 unspecified atom stereocenters. The Morgan fingerprint density at radius 2 is 1.90 bits per heavy atom. The first-order valence-corrected chi connectivity index (χ1v) is 13.8. The standard InChI is InChI=1S/C31H30ClN3O5/c32-22-6-9-29-25(16-22)21(19-39-29)18-38-28-3-1-2-27-26(28)17-30(34-27)40-31(37)33-23-7-4-20(5-8-23)10-13-35-14-11-24(36)12-15-35/h1-9,16-17,19,24,34,36H,10-15,18H2,(H,33,37). The number of likely N-dealkylation sites (tertiary alicyclic amines) is 1. The van der Waals surface area contributed by atoms with E-state index < -0.39 is 6.09 Å². The molecule has 3 aromatic carbocycles. The topological polar surface area (TPSA) is 100.0 Å². The number of aliphatic hydroxyl groups is 1. The molecule has 5 aromatic rings. The number of nitrogens with one attached hydrogen (secondary N) is 2. The van der Waals surface area contributed by atoms with Crippen LogP contribution < -0.4 is 14.8 Å². The highest BCUT2D eigenvalue weighted by Gasteiger charge is 2.17. The van der Waals surface area contributed by atoms with Crippen molar-refractivity contribution in [3.63, 3.8) is 0 Å². The van der Waals surface area contributed by atoms with Crippen molar-refractivity contribution < 1.29 is 23.8 Å². The molecule has 3 N–H and O–H groups in total. The summed E-state index contributed by atoms with van der Waals surface area (Å²) in [5.41, 5.74) is 4.27. The number of piperidine rings is 1. The van der Waals surface area contributed by atoms with Gasteiger partial charge in [0.15, 0.2) is 0 Å². The number of anilines is 1. The van der Waals surface area contributed by atoms with E-state index >= 15 is 0 Å². The second-order valence-electron chi connectivity index (χ2n) is 10.1. The molecule has 3 heterocycles. The van der Waals surface area contributed by atoms with E-state index in [1.807, 2.05) is 54.6 Å².